The number of sulfonamides is 1. The largest absolute Gasteiger partial charge is 0.399 e. The first-order valence-corrected chi connectivity index (χ1v) is 7.19. The molecule has 0 amide bonds. The van der Waals surface area contributed by atoms with Crippen LogP contribution in [0.15, 0.2) is 48.0 Å². The Morgan fingerprint density at radius 1 is 1.20 bits per heavy atom. The van der Waals surface area contributed by atoms with Gasteiger partial charge in [-0.1, -0.05) is 0 Å². The molecule has 1 aromatic carbocycles. The van der Waals surface area contributed by atoms with Crippen LogP contribution in [-0.4, -0.2) is 23.4 Å². The molecule has 20 heavy (non-hydrogen) atoms. The number of hydrogen-bond acceptors (Lipinski definition) is 5. The Bertz CT molecular complexity index is 858. The van der Waals surface area contributed by atoms with Crippen molar-refractivity contribution in [2.75, 3.05) is 10.5 Å². The minimum Gasteiger partial charge on any atom is -0.399 e. The summed E-state index contributed by atoms with van der Waals surface area (Å²) in [6.45, 7) is 0. The fraction of sp³-hybridized carbons (Fsp3) is 0. The number of anilines is 2. The zero-order valence-electron chi connectivity index (χ0n) is 10.2. The van der Waals surface area contributed by atoms with E-state index in [0.29, 0.717) is 22.3 Å². The van der Waals surface area contributed by atoms with Gasteiger partial charge in [-0.05, 0) is 18.2 Å². The molecule has 0 aliphatic heterocycles. The van der Waals surface area contributed by atoms with Gasteiger partial charge in [0, 0.05) is 22.8 Å². The van der Waals surface area contributed by atoms with Gasteiger partial charge in [0.15, 0.2) is 0 Å². The predicted octanol–water partition coefficient (Wildman–Crippen LogP) is 1.34. The maximum atomic E-state index is 12.3. The predicted molar refractivity (Wildman–Crippen MR) is 75.6 cm³/mol. The van der Waals surface area contributed by atoms with Crippen LogP contribution in [-0.2, 0) is 10.0 Å². The van der Waals surface area contributed by atoms with Crippen LogP contribution >= 0.6 is 0 Å². The Morgan fingerprint density at radius 3 is 2.70 bits per heavy atom. The van der Waals surface area contributed by atoms with Gasteiger partial charge >= 0.3 is 0 Å². The molecule has 0 aliphatic carbocycles. The van der Waals surface area contributed by atoms with E-state index in [2.05, 4.69) is 19.7 Å². The molecular formula is C12H11N5O2S. The normalized spacial score (nSPS) is 11.6. The zero-order chi connectivity index (χ0) is 14.2. The molecule has 0 saturated heterocycles. The number of hydrogen-bond donors (Lipinski definition) is 3. The van der Waals surface area contributed by atoms with Crippen molar-refractivity contribution in [2.24, 2.45) is 0 Å². The van der Waals surface area contributed by atoms with Crippen molar-refractivity contribution >= 4 is 32.3 Å². The van der Waals surface area contributed by atoms with E-state index in [-0.39, 0.29) is 4.90 Å². The second-order valence-electron chi connectivity index (χ2n) is 4.19. The van der Waals surface area contributed by atoms with E-state index in [4.69, 9.17) is 5.73 Å². The Labute approximate surface area is 114 Å². The van der Waals surface area contributed by atoms with Crippen molar-refractivity contribution in [1.82, 2.24) is 15.0 Å². The quantitative estimate of drug-likeness (QED) is 0.630. The monoisotopic (exact) mass is 289 g/mol. The molecule has 0 aliphatic rings. The van der Waals surface area contributed by atoms with E-state index < -0.39 is 10.0 Å². The third-order valence-corrected chi connectivity index (χ3v) is 4.19. The number of aromatic amines is 1. The highest BCUT2D eigenvalue weighted by atomic mass is 32.2. The zero-order valence-corrected chi connectivity index (χ0v) is 11.1. The van der Waals surface area contributed by atoms with Gasteiger partial charge in [0.05, 0.1) is 18.1 Å². The lowest BCUT2D eigenvalue weighted by atomic mass is 10.2. The number of nitrogen functional groups attached to an aromatic ring is 1. The highest BCUT2D eigenvalue weighted by Crippen LogP contribution is 2.25. The number of aromatic nitrogens is 3. The van der Waals surface area contributed by atoms with Crippen LogP contribution in [0, 0.1) is 0 Å². The minimum atomic E-state index is -3.71. The van der Waals surface area contributed by atoms with Gasteiger partial charge < -0.3 is 10.7 Å². The highest BCUT2D eigenvalue weighted by molar-refractivity contribution is 7.93. The molecule has 0 bridgehead atoms. The van der Waals surface area contributed by atoms with Gasteiger partial charge in [0.2, 0.25) is 0 Å². The Hall–Kier alpha value is -2.61. The van der Waals surface area contributed by atoms with Crippen LogP contribution in [0.5, 0.6) is 0 Å². The van der Waals surface area contributed by atoms with Gasteiger partial charge in [-0.3, -0.25) is 4.72 Å². The molecule has 2 aromatic heterocycles. The summed E-state index contributed by atoms with van der Waals surface area (Å²) in [7, 11) is -3.71. The summed E-state index contributed by atoms with van der Waals surface area (Å²) in [6, 6.07) is 5.00. The van der Waals surface area contributed by atoms with E-state index >= 15 is 0 Å². The molecule has 2 heterocycles. The topological polar surface area (TPSA) is 114 Å². The average molecular weight is 289 g/mol. The third-order valence-electron chi connectivity index (χ3n) is 2.77. The summed E-state index contributed by atoms with van der Waals surface area (Å²) >= 11 is 0. The summed E-state index contributed by atoms with van der Waals surface area (Å²) in [5.74, 6) is 0. The van der Waals surface area contributed by atoms with Crippen molar-refractivity contribution in [3.8, 4) is 0 Å². The number of fused-ring (bicyclic) bond motifs is 1. The second-order valence-corrected chi connectivity index (χ2v) is 5.84. The number of nitrogens with one attached hydrogen (secondary N) is 2. The molecule has 3 rings (SSSR count). The highest BCUT2D eigenvalue weighted by Gasteiger charge is 2.19. The second kappa shape index (κ2) is 4.49. The van der Waals surface area contributed by atoms with E-state index in [1.807, 2.05) is 0 Å². The van der Waals surface area contributed by atoms with Crippen molar-refractivity contribution in [1.29, 1.82) is 0 Å². The van der Waals surface area contributed by atoms with E-state index in [1.54, 1.807) is 18.2 Å². The van der Waals surface area contributed by atoms with E-state index in [9.17, 15) is 8.42 Å². The molecule has 0 fully saturated rings. The van der Waals surface area contributed by atoms with E-state index in [1.165, 1.54) is 24.9 Å². The average Bonchev–Trinajstić information content (AvgIpc) is 2.83. The SMILES string of the molecule is Nc1ccc2c(S(=O)(=O)Nc3cncnc3)c[nH]c2c1. The first-order chi connectivity index (χ1) is 9.56. The summed E-state index contributed by atoms with van der Waals surface area (Å²) in [4.78, 5) is 10.6. The number of rotatable bonds is 3. The Morgan fingerprint density at radius 2 is 1.95 bits per heavy atom. The van der Waals surface area contributed by atoms with Gasteiger partial charge in [0.25, 0.3) is 10.0 Å². The maximum absolute atomic E-state index is 12.3. The standard InChI is InChI=1S/C12H11N5O2S/c13-8-1-2-10-11(3-8)16-6-12(10)20(18,19)17-9-4-14-7-15-5-9/h1-7,16-17H,13H2. The summed E-state index contributed by atoms with van der Waals surface area (Å²) in [5, 5.41) is 0.573. The molecule has 0 radical (unpaired) electrons. The van der Waals surface area contributed by atoms with Crippen LogP contribution < -0.4 is 10.5 Å². The lowest BCUT2D eigenvalue weighted by Gasteiger charge is -2.06. The summed E-state index contributed by atoms with van der Waals surface area (Å²) in [6.07, 6.45) is 5.53. The molecule has 7 nitrogen and oxygen atoms in total. The Balaban J connectivity index is 2.06. The molecule has 0 spiro atoms. The molecule has 8 heteroatoms. The summed E-state index contributed by atoms with van der Waals surface area (Å²) in [5.41, 5.74) is 7.19. The lowest BCUT2D eigenvalue weighted by Crippen LogP contribution is -2.12. The number of nitrogens with zero attached hydrogens (tertiary/aromatic N) is 2. The number of nitrogens with two attached hydrogens (primary N) is 1. The van der Waals surface area contributed by atoms with Crippen LogP contribution in [0.3, 0.4) is 0 Å². The summed E-state index contributed by atoms with van der Waals surface area (Å²) < 4.78 is 27.1. The van der Waals surface area contributed by atoms with Crippen molar-refractivity contribution in [3.05, 3.63) is 43.1 Å². The molecule has 0 atom stereocenters. The van der Waals surface area contributed by atoms with Crippen molar-refractivity contribution in [3.63, 3.8) is 0 Å². The molecule has 3 aromatic rings. The van der Waals surface area contributed by atoms with Crippen LogP contribution in [0.1, 0.15) is 0 Å². The molecule has 102 valence electrons. The van der Waals surface area contributed by atoms with Crippen molar-refractivity contribution < 1.29 is 8.42 Å². The van der Waals surface area contributed by atoms with Gasteiger partial charge in [-0.2, -0.15) is 0 Å². The Kier molecular flexibility index (Phi) is 2.79. The molecule has 0 unspecified atom stereocenters. The van der Waals surface area contributed by atoms with Crippen molar-refractivity contribution in [2.45, 2.75) is 4.90 Å². The third kappa shape index (κ3) is 2.16. The molecule has 4 N–H and O–H groups in total. The van der Waals surface area contributed by atoms with E-state index in [0.717, 1.165) is 0 Å². The fourth-order valence-corrected chi connectivity index (χ4v) is 3.11. The van der Waals surface area contributed by atoms with Gasteiger partial charge in [-0.15, -0.1) is 0 Å². The van der Waals surface area contributed by atoms with Crippen LogP contribution in [0.25, 0.3) is 10.9 Å². The number of H-pyrrole nitrogens is 1. The first-order valence-electron chi connectivity index (χ1n) is 5.71. The fourth-order valence-electron chi connectivity index (χ4n) is 1.90. The van der Waals surface area contributed by atoms with Crippen LogP contribution in [0.2, 0.25) is 0 Å². The lowest BCUT2D eigenvalue weighted by molar-refractivity contribution is 0.602. The number of benzene rings is 1. The smallest absolute Gasteiger partial charge is 0.264 e. The first kappa shape index (κ1) is 12.4. The molecular weight excluding hydrogens is 278 g/mol. The maximum Gasteiger partial charge on any atom is 0.264 e. The minimum absolute atomic E-state index is 0.149. The van der Waals surface area contributed by atoms with Gasteiger partial charge in [-0.25, -0.2) is 18.4 Å². The van der Waals surface area contributed by atoms with Crippen LogP contribution in [0.4, 0.5) is 11.4 Å². The molecule has 0 saturated carbocycles. The van der Waals surface area contributed by atoms with Gasteiger partial charge in [0.1, 0.15) is 11.2 Å².